The summed E-state index contributed by atoms with van der Waals surface area (Å²) in [6.45, 7) is 2.96. The van der Waals surface area contributed by atoms with E-state index in [1.165, 1.54) is 6.42 Å². The Bertz CT molecular complexity index is 358. The number of anilines is 1. The number of nitrogen functional groups attached to an aromatic ring is 1. The van der Waals surface area contributed by atoms with Crippen LogP contribution in [0.4, 0.5) is 5.82 Å². The highest BCUT2D eigenvalue weighted by Gasteiger charge is 2.20. The number of hydrazine groups is 1. The van der Waals surface area contributed by atoms with Crippen molar-refractivity contribution in [3.05, 3.63) is 23.9 Å². The molecular weight excluding hydrogens is 216 g/mol. The Labute approximate surface area is 102 Å². The van der Waals surface area contributed by atoms with Crippen LogP contribution in [0.3, 0.4) is 0 Å². The van der Waals surface area contributed by atoms with Gasteiger partial charge in [-0.15, -0.1) is 0 Å². The van der Waals surface area contributed by atoms with E-state index in [-0.39, 0.29) is 0 Å². The SMILES string of the molecule is COC1CCCN(Cc2cccnc2NN)C1. The van der Waals surface area contributed by atoms with Crippen molar-refractivity contribution < 1.29 is 4.74 Å². The molecule has 0 aliphatic carbocycles. The van der Waals surface area contributed by atoms with E-state index >= 15 is 0 Å². The minimum atomic E-state index is 0.356. The van der Waals surface area contributed by atoms with E-state index in [0.29, 0.717) is 6.10 Å². The largest absolute Gasteiger partial charge is 0.380 e. The Morgan fingerprint density at radius 2 is 2.53 bits per heavy atom. The number of aromatic nitrogens is 1. The second-order valence-corrected chi connectivity index (χ2v) is 4.39. The Kier molecular flexibility index (Phi) is 4.30. The zero-order valence-corrected chi connectivity index (χ0v) is 10.2. The standard InChI is InChI=1S/C12H20N4O/c1-17-11-5-3-7-16(9-11)8-10-4-2-6-14-12(10)15-13/h2,4,6,11H,3,5,7-9,13H2,1H3,(H,14,15). The van der Waals surface area contributed by atoms with Crippen molar-refractivity contribution in [2.24, 2.45) is 5.84 Å². The quantitative estimate of drug-likeness (QED) is 0.602. The first-order chi connectivity index (χ1) is 8.33. The second-order valence-electron chi connectivity index (χ2n) is 4.39. The van der Waals surface area contributed by atoms with Crippen molar-refractivity contribution in [1.29, 1.82) is 0 Å². The summed E-state index contributed by atoms with van der Waals surface area (Å²) in [5, 5.41) is 0. The predicted octanol–water partition coefficient (Wildman–Crippen LogP) is 0.978. The fourth-order valence-corrected chi connectivity index (χ4v) is 2.29. The second kappa shape index (κ2) is 5.95. The number of nitrogens with zero attached hydrogens (tertiary/aromatic N) is 2. The molecule has 0 spiro atoms. The van der Waals surface area contributed by atoms with Crippen molar-refractivity contribution >= 4 is 5.82 Å². The first kappa shape index (κ1) is 12.3. The molecule has 5 heteroatoms. The van der Waals surface area contributed by atoms with E-state index in [1.807, 2.05) is 6.07 Å². The molecule has 1 atom stereocenters. The summed E-state index contributed by atoms with van der Waals surface area (Å²) in [7, 11) is 1.78. The van der Waals surface area contributed by atoms with Gasteiger partial charge < -0.3 is 10.2 Å². The van der Waals surface area contributed by atoms with Gasteiger partial charge in [-0.2, -0.15) is 0 Å². The molecule has 1 aromatic rings. The molecule has 1 aliphatic heterocycles. The van der Waals surface area contributed by atoms with E-state index in [2.05, 4.69) is 21.4 Å². The van der Waals surface area contributed by atoms with E-state index in [0.717, 1.165) is 37.4 Å². The molecule has 0 radical (unpaired) electrons. The van der Waals surface area contributed by atoms with E-state index in [4.69, 9.17) is 10.6 Å². The Morgan fingerprint density at radius 1 is 1.65 bits per heavy atom. The van der Waals surface area contributed by atoms with Crippen LogP contribution in [0.15, 0.2) is 18.3 Å². The van der Waals surface area contributed by atoms with Crippen LogP contribution in [-0.2, 0) is 11.3 Å². The normalized spacial score (nSPS) is 21.4. The first-order valence-corrected chi connectivity index (χ1v) is 5.99. The van der Waals surface area contributed by atoms with Gasteiger partial charge in [0, 0.05) is 32.0 Å². The van der Waals surface area contributed by atoms with Gasteiger partial charge in [-0.05, 0) is 25.5 Å². The molecule has 1 fully saturated rings. The molecule has 2 heterocycles. The number of hydrogen-bond acceptors (Lipinski definition) is 5. The van der Waals surface area contributed by atoms with Gasteiger partial charge in [0.25, 0.3) is 0 Å². The third-order valence-corrected chi connectivity index (χ3v) is 3.22. The average molecular weight is 236 g/mol. The van der Waals surface area contributed by atoms with Crippen molar-refractivity contribution in [2.45, 2.75) is 25.5 Å². The summed E-state index contributed by atoms with van der Waals surface area (Å²) >= 11 is 0. The number of ether oxygens (including phenoxy) is 1. The van der Waals surface area contributed by atoms with Crippen LogP contribution in [0.1, 0.15) is 18.4 Å². The predicted molar refractivity (Wildman–Crippen MR) is 67.4 cm³/mol. The third kappa shape index (κ3) is 3.15. The molecule has 1 unspecified atom stereocenters. The average Bonchev–Trinajstić information content (AvgIpc) is 2.39. The molecule has 1 saturated heterocycles. The molecule has 0 aromatic carbocycles. The van der Waals surface area contributed by atoms with Crippen LogP contribution in [-0.4, -0.2) is 36.2 Å². The van der Waals surface area contributed by atoms with Crippen molar-refractivity contribution in [1.82, 2.24) is 9.88 Å². The zero-order chi connectivity index (χ0) is 12.1. The number of pyridine rings is 1. The number of nitrogens with two attached hydrogens (primary N) is 1. The monoisotopic (exact) mass is 236 g/mol. The summed E-state index contributed by atoms with van der Waals surface area (Å²) in [6, 6.07) is 3.99. The van der Waals surface area contributed by atoms with Gasteiger partial charge in [-0.3, -0.25) is 4.90 Å². The van der Waals surface area contributed by atoms with Crippen LogP contribution in [0, 0.1) is 0 Å². The molecule has 0 amide bonds. The van der Waals surface area contributed by atoms with Crippen LogP contribution >= 0.6 is 0 Å². The molecule has 17 heavy (non-hydrogen) atoms. The van der Waals surface area contributed by atoms with Crippen LogP contribution in [0.25, 0.3) is 0 Å². The van der Waals surface area contributed by atoms with Gasteiger partial charge in [0.2, 0.25) is 0 Å². The smallest absolute Gasteiger partial charge is 0.144 e. The Balaban J connectivity index is 2.00. The lowest BCUT2D eigenvalue weighted by atomic mass is 10.1. The maximum absolute atomic E-state index is 5.45. The van der Waals surface area contributed by atoms with E-state index in [1.54, 1.807) is 13.3 Å². The number of hydrogen-bond donors (Lipinski definition) is 2. The first-order valence-electron chi connectivity index (χ1n) is 5.99. The maximum atomic E-state index is 5.45. The number of piperidine rings is 1. The lowest BCUT2D eigenvalue weighted by molar-refractivity contribution is 0.0286. The highest BCUT2D eigenvalue weighted by atomic mass is 16.5. The zero-order valence-electron chi connectivity index (χ0n) is 10.2. The number of likely N-dealkylation sites (tertiary alicyclic amines) is 1. The van der Waals surface area contributed by atoms with Gasteiger partial charge >= 0.3 is 0 Å². The molecule has 5 nitrogen and oxygen atoms in total. The minimum Gasteiger partial charge on any atom is -0.380 e. The maximum Gasteiger partial charge on any atom is 0.144 e. The molecule has 2 rings (SSSR count). The summed E-state index contributed by atoms with van der Waals surface area (Å²) in [4.78, 5) is 6.59. The number of methoxy groups -OCH3 is 1. The van der Waals surface area contributed by atoms with Gasteiger partial charge in [0.05, 0.1) is 6.10 Å². The molecule has 1 aromatic heterocycles. The summed E-state index contributed by atoms with van der Waals surface area (Å²) in [6.07, 6.45) is 4.44. The number of nitrogens with one attached hydrogen (secondary N) is 1. The molecule has 94 valence electrons. The third-order valence-electron chi connectivity index (χ3n) is 3.22. The van der Waals surface area contributed by atoms with Crippen molar-refractivity contribution in [2.75, 3.05) is 25.6 Å². The van der Waals surface area contributed by atoms with Gasteiger partial charge in [0.15, 0.2) is 0 Å². The Morgan fingerprint density at radius 3 is 3.29 bits per heavy atom. The molecule has 1 aliphatic rings. The van der Waals surface area contributed by atoms with Crippen molar-refractivity contribution in [3.8, 4) is 0 Å². The fraction of sp³-hybridized carbons (Fsp3) is 0.583. The topological polar surface area (TPSA) is 63.4 Å². The molecular formula is C12H20N4O. The van der Waals surface area contributed by atoms with Gasteiger partial charge in [-0.1, -0.05) is 6.07 Å². The van der Waals surface area contributed by atoms with Gasteiger partial charge in [0.1, 0.15) is 5.82 Å². The van der Waals surface area contributed by atoms with E-state index < -0.39 is 0 Å². The summed E-state index contributed by atoms with van der Waals surface area (Å²) < 4.78 is 5.42. The lowest BCUT2D eigenvalue weighted by Gasteiger charge is -2.32. The number of rotatable bonds is 4. The van der Waals surface area contributed by atoms with Crippen molar-refractivity contribution in [3.63, 3.8) is 0 Å². The van der Waals surface area contributed by atoms with Crippen LogP contribution in [0.2, 0.25) is 0 Å². The van der Waals surface area contributed by atoms with Gasteiger partial charge in [-0.25, -0.2) is 10.8 Å². The summed E-state index contributed by atoms with van der Waals surface area (Å²) in [5.74, 6) is 6.21. The van der Waals surface area contributed by atoms with Crippen LogP contribution in [0.5, 0.6) is 0 Å². The lowest BCUT2D eigenvalue weighted by Crippen LogP contribution is -2.38. The van der Waals surface area contributed by atoms with E-state index in [9.17, 15) is 0 Å². The highest BCUT2D eigenvalue weighted by Crippen LogP contribution is 2.18. The molecule has 0 saturated carbocycles. The minimum absolute atomic E-state index is 0.356. The Hall–Kier alpha value is -1.17. The summed E-state index contributed by atoms with van der Waals surface area (Å²) in [5.41, 5.74) is 3.77. The molecule has 0 bridgehead atoms. The van der Waals surface area contributed by atoms with Crippen LogP contribution < -0.4 is 11.3 Å². The fourth-order valence-electron chi connectivity index (χ4n) is 2.29. The molecule has 3 N–H and O–H groups in total. The highest BCUT2D eigenvalue weighted by molar-refractivity contribution is 5.42.